The Morgan fingerprint density at radius 1 is 0.900 bits per heavy atom. The Morgan fingerprint density at radius 3 is 2.26 bits per heavy atom. The number of alkyl halides is 5. The first-order valence-corrected chi connectivity index (χ1v) is 15.7. The number of nitro groups is 1. The summed E-state index contributed by atoms with van der Waals surface area (Å²) in [5.41, 5.74) is -0.869. The molecule has 7 rings (SSSR count). The molecule has 2 heterocycles. The molecule has 0 bridgehead atoms. The third kappa shape index (κ3) is 4.77. The van der Waals surface area contributed by atoms with Crippen LogP contribution in [0.1, 0.15) is 24.3 Å². The standard InChI is InChI=1S/C33H21Cl2F4N3O8/c34-31-14-23-20(9-10-21-25(23)28(45)40(27(21)44)17-2-1-3-18(12-17)42(48)49)26(22-13-19(8-11-24(22)43)50-33(37,38)39)32(31,35)30(47)41(29(31)46)16-6-4-15(36)5-7-16/h1-9,11-13,21,23,25-26,43H,10,14H2. The van der Waals surface area contributed by atoms with Crippen molar-refractivity contribution in [1.82, 2.24) is 0 Å². The van der Waals surface area contributed by atoms with Crippen LogP contribution < -0.4 is 14.5 Å². The summed E-state index contributed by atoms with van der Waals surface area (Å²) < 4.78 is 57.8. The van der Waals surface area contributed by atoms with Gasteiger partial charge in [-0.15, -0.1) is 36.4 Å². The van der Waals surface area contributed by atoms with Crippen LogP contribution in [0.2, 0.25) is 0 Å². The fraction of sp³-hybridized carbons (Fsp3) is 0.273. The molecule has 4 amide bonds. The normalized spacial score (nSPS) is 29.0. The maximum atomic E-state index is 14.4. The number of allylic oxidation sites excluding steroid dienone is 2. The minimum atomic E-state index is -5.17. The van der Waals surface area contributed by atoms with Crippen molar-refractivity contribution in [3.05, 3.63) is 99.9 Å². The monoisotopic (exact) mass is 733 g/mol. The molecule has 3 aromatic rings. The molecule has 1 N–H and O–H groups in total. The highest BCUT2D eigenvalue weighted by Crippen LogP contribution is 2.66. The predicted octanol–water partition coefficient (Wildman–Crippen LogP) is 6.11. The molecule has 50 heavy (non-hydrogen) atoms. The topological polar surface area (TPSA) is 147 Å². The minimum absolute atomic E-state index is 0.0889. The van der Waals surface area contributed by atoms with Gasteiger partial charge in [-0.25, -0.2) is 14.2 Å². The number of carbonyl (C=O) groups is 4. The number of carbonyl (C=O) groups excluding carboxylic acids is 4. The summed E-state index contributed by atoms with van der Waals surface area (Å²) in [5, 5.41) is 22.6. The number of halogens is 6. The maximum absolute atomic E-state index is 14.4. The maximum Gasteiger partial charge on any atom is 0.573 e. The molecule has 3 fully saturated rings. The largest absolute Gasteiger partial charge is 0.573 e. The number of hydrogen-bond donors (Lipinski definition) is 1. The van der Waals surface area contributed by atoms with Crippen molar-refractivity contribution in [2.75, 3.05) is 9.80 Å². The van der Waals surface area contributed by atoms with Crippen LogP contribution in [0.4, 0.5) is 34.6 Å². The first-order chi connectivity index (χ1) is 23.5. The summed E-state index contributed by atoms with van der Waals surface area (Å²) in [4.78, 5) is 63.8. The van der Waals surface area contributed by atoms with Gasteiger partial charge in [0.1, 0.15) is 17.3 Å². The Hall–Kier alpha value is -5.02. The fourth-order valence-electron chi connectivity index (χ4n) is 7.71. The zero-order chi connectivity index (χ0) is 36.1. The molecule has 6 unspecified atom stereocenters. The van der Waals surface area contributed by atoms with Crippen LogP contribution in [0.15, 0.2) is 78.4 Å². The van der Waals surface area contributed by atoms with Gasteiger partial charge in [-0.2, -0.15) is 0 Å². The molecule has 3 aromatic carbocycles. The zero-order valence-electron chi connectivity index (χ0n) is 25.1. The Labute approximate surface area is 288 Å². The van der Waals surface area contributed by atoms with E-state index in [1.165, 1.54) is 24.3 Å². The molecular formula is C33H21Cl2F4N3O8. The number of imide groups is 2. The van der Waals surface area contributed by atoms with Gasteiger partial charge in [0.25, 0.3) is 17.5 Å². The van der Waals surface area contributed by atoms with Crippen LogP contribution in [0, 0.1) is 33.7 Å². The molecule has 0 aromatic heterocycles. The van der Waals surface area contributed by atoms with Gasteiger partial charge in [0.05, 0.1) is 28.1 Å². The molecular weight excluding hydrogens is 713 g/mol. The van der Waals surface area contributed by atoms with E-state index in [2.05, 4.69) is 4.74 Å². The molecule has 11 nitrogen and oxygen atoms in total. The third-order valence-corrected chi connectivity index (χ3v) is 11.2. The minimum Gasteiger partial charge on any atom is -0.508 e. The Morgan fingerprint density at radius 2 is 1.60 bits per heavy atom. The number of phenols is 1. The van der Waals surface area contributed by atoms with Gasteiger partial charge in [-0.3, -0.25) is 29.3 Å². The number of ether oxygens (including phenoxy) is 1. The highest BCUT2D eigenvalue weighted by Gasteiger charge is 2.77. The van der Waals surface area contributed by atoms with E-state index >= 15 is 0 Å². The average Bonchev–Trinajstić information content (AvgIpc) is 3.39. The average molecular weight is 734 g/mol. The second-order valence-corrected chi connectivity index (χ2v) is 13.5. The number of aromatic hydroxyl groups is 1. The van der Waals surface area contributed by atoms with Gasteiger partial charge in [0.15, 0.2) is 9.75 Å². The van der Waals surface area contributed by atoms with Crippen LogP contribution in [0.3, 0.4) is 0 Å². The lowest BCUT2D eigenvalue weighted by Gasteiger charge is -2.50. The van der Waals surface area contributed by atoms with Crippen molar-refractivity contribution >= 4 is 63.9 Å². The number of anilines is 2. The highest BCUT2D eigenvalue weighted by molar-refractivity contribution is 6.58. The second kappa shape index (κ2) is 11.3. The number of amides is 4. The van der Waals surface area contributed by atoms with E-state index in [0.29, 0.717) is 4.90 Å². The van der Waals surface area contributed by atoms with Crippen LogP contribution >= 0.6 is 23.2 Å². The molecule has 4 aliphatic rings. The van der Waals surface area contributed by atoms with Gasteiger partial charge in [0, 0.05) is 23.6 Å². The summed E-state index contributed by atoms with van der Waals surface area (Å²) in [7, 11) is 0. The van der Waals surface area contributed by atoms with E-state index in [1.54, 1.807) is 0 Å². The third-order valence-electron chi connectivity index (χ3n) is 9.74. The molecule has 2 aliphatic heterocycles. The molecule has 0 spiro atoms. The number of fused-ring (bicyclic) bond motifs is 4. The van der Waals surface area contributed by atoms with Gasteiger partial charge in [-0.1, -0.05) is 17.7 Å². The van der Waals surface area contributed by atoms with Crippen molar-refractivity contribution in [2.24, 2.45) is 17.8 Å². The number of hydrogen-bond acceptors (Lipinski definition) is 8. The molecule has 2 aliphatic carbocycles. The summed E-state index contributed by atoms with van der Waals surface area (Å²) in [6, 6.07) is 11.5. The van der Waals surface area contributed by atoms with Crippen molar-refractivity contribution in [3.8, 4) is 11.5 Å². The SMILES string of the molecule is O=C1C2CC=C3C(CC4(Cl)C(=O)N(c5ccc(F)cc5)C(=O)C4(Cl)C3c3cc(OC(F)(F)F)ccc3O)C2C(=O)N1c1cccc([N+](=O)[O-])c1. The molecule has 1 saturated carbocycles. The van der Waals surface area contributed by atoms with Gasteiger partial charge >= 0.3 is 6.36 Å². The summed E-state index contributed by atoms with van der Waals surface area (Å²) in [5.74, 6) is -11.0. The zero-order valence-corrected chi connectivity index (χ0v) is 26.6. The number of rotatable bonds is 5. The fourth-order valence-corrected chi connectivity index (χ4v) is 8.63. The van der Waals surface area contributed by atoms with Crippen LogP contribution in [-0.2, 0) is 19.2 Å². The van der Waals surface area contributed by atoms with Crippen molar-refractivity contribution in [1.29, 1.82) is 0 Å². The number of benzene rings is 3. The molecule has 0 radical (unpaired) electrons. The van der Waals surface area contributed by atoms with Gasteiger partial charge in [-0.05, 0) is 67.3 Å². The number of phenolic OH excluding ortho intramolecular Hbond substituents is 1. The Balaban J connectivity index is 1.41. The quantitative estimate of drug-likeness (QED) is 0.0826. The van der Waals surface area contributed by atoms with E-state index in [1.807, 2.05) is 0 Å². The van der Waals surface area contributed by atoms with E-state index in [9.17, 15) is 52.0 Å². The summed E-state index contributed by atoms with van der Waals surface area (Å²) >= 11 is 14.4. The van der Waals surface area contributed by atoms with E-state index < -0.39 is 103 Å². The Kier molecular flexibility index (Phi) is 7.53. The lowest BCUT2D eigenvalue weighted by molar-refractivity contribution is -0.384. The number of nitro benzene ring substituents is 1. The van der Waals surface area contributed by atoms with Crippen LogP contribution in [0.5, 0.6) is 11.5 Å². The van der Waals surface area contributed by atoms with Gasteiger partial charge < -0.3 is 9.84 Å². The molecule has 6 atom stereocenters. The second-order valence-electron chi connectivity index (χ2n) is 12.3. The van der Waals surface area contributed by atoms with Crippen LogP contribution in [0.25, 0.3) is 0 Å². The van der Waals surface area contributed by atoms with E-state index in [0.717, 1.165) is 53.4 Å². The predicted molar refractivity (Wildman–Crippen MR) is 167 cm³/mol. The smallest absolute Gasteiger partial charge is 0.508 e. The summed E-state index contributed by atoms with van der Waals surface area (Å²) in [6.45, 7) is 0. The lowest BCUT2D eigenvalue weighted by atomic mass is 9.56. The first-order valence-electron chi connectivity index (χ1n) is 14.9. The Bertz CT molecular complexity index is 2060. The number of nitrogens with zero attached hydrogens (tertiary/aromatic N) is 3. The summed E-state index contributed by atoms with van der Waals surface area (Å²) in [6.07, 6.45) is -4.35. The molecule has 258 valence electrons. The number of non-ortho nitro benzene ring substituents is 1. The van der Waals surface area contributed by atoms with Crippen molar-refractivity contribution in [2.45, 2.75) is 34.9 Å². The first kappa shape index (κ1) is 33.5. The van der Waals surface area contributed by atoms with Crippen LogP contribution in [-0.4, -0.2) is 49.8 Å². The molecule has 17 heteroatoms. The van der Waals surface area contributed by atoms with Crippen molar-refractivity contribution < 1.29 is 51.5 Å². The van der Waals surface area contributed by atoms with E-state index in [-0.39, 0.29) is 23.4 Å². The van der Waals surface area contributed by atoms with Crippen molar-refractivity contribution in [3.63, 3.8) is 0 Å². The molecule has 2 saturated heterocycles. The van der Waals surface area contributed by atoms with E-state index in [4.69, 9.17) is 23.2 Å². The van der Waals surface area contributed by atoms with Gasteiger partial charge in [0.2, 0.25) is 11.8 Å². The highest BCUT2D eigenvalue weighted by atomic mass is 35.5. The lowest BCUT2D eigenvalue weighted by Crippen LogP contribution is -2.60.